The van der Waals surface area contributed by atoms with Crippen LogP contribution < -0.4 is 15.4 Å². The SMILES string of the molecule is CNC(=O)c1cc(Oc2ccc(Nc3nnc(-c4ccc(Cl)c(C(F)(F)F)c4)[nH]3)cc2)ccn1. The summed E-state index contributed by atoms with van der Waals surface area (Å²) in [6, 6.07) is 13.4. The molecule has 0 bridgehead atoms. The summed E-state index contributed by atoms with van der Waals surface area (Å²) >= 11 is 5.66. The maximum absolute atomic E-state index is 13.1. The lowest BCUT2D eigenvalue weighted by Crippen LogP contribution is -2.18. The largest absolute Gasteiger partial charge is 0.457 e. The van der Waals surface area contributed by atoms with Crippen LogP contribution in [0, 0.1) is 0 Å². The Morgan fingerprint density at radius 1 is 1.03 bits per heavy atom. The Bertz CT molecular complexity index is 1320. The first-order valence-corrected chi connectivity index (χ1v) is 10.1. The molecule has 0 fully saturated rings. The molecule has 4 rings (SSSR count). The lowest BCUT2D eigenvalue weighted by molar-refractivity contribution is -0.137. The predicted molar refractivity (Wildman–Crippen MR) is 119 cm³/mol. The molecule has 2 aromatic heterocycles. The monoisotopic (exact) mass is 488 g/mol. The molecule has 0 radical (unpaired) electrons. The van der Waals surface area contributed by atoms with Crippen LogP contribution in [0.4, 0.5) is 24.8 Å². The molecule has 12 heteroatoms. The molecule has 0 unspecified atom stereocenters. The van der Waals surface area contributed by atoms with Crippen LogP contribution in [0.15, 0.2) is 60.8 Å². The number of ether oxygens (including phenoxy) is 1. The molecule has 4 aromatic rings. The van der Waals surface area contributed by atoms with Gasteiger partial charge >= 0.3 is 6.18 Å². The quantitative estimate of drug-likeness (QED) is 0.334. The average molecular weight is 489 g/mol. The highest BCUT2D eigenvalue weighted by Gasteiger charge is 2.33. The molecule has 1 amide bonds. The van der Waals surface area contributed by atoms with Gasteiger partial charge in [0.05, 0.1) is 10.6 Å². The van der Waals surface area contributed by atoms with Gasteiger partial charge in [-0.25, -0.2) is 0 Å². The fraction of sp³-hybridized carbons (Fsp3) is 0.0909. The molecular formula is C22H16ClF3N6O2. The zero-order valence-corrected chi connectivity index (χ0v) is 18.2. The molecule has 0 atom stereocenters. The molecule has 34 heavy (non-hydrogen) atoms. The topological polar surface area (TPSA) is 105 Å². The van der Waals surface area contributed by atoms with E-state index in [0.717, 1.165) is 12.1 Å². The van der Waals surface area contributed by atoms with Gasteiger partial charge in [-0.3, -0.25) is 9.78 Å². The Hall–Kier alpha value is -4.12. The number of carbonyl (C=O) groups excluding carboxylic acids is 1. The Kier molecular flexibility index (Phi) is 6.37. The van der Waals surface area contributed by atoms with Gasteiger partial charge in [0, 0.05) is 30.6 Å². The molecule has 174 valence electrons. The second-order valence-electron chi connectivity index (χ2n) is 6.92. The summed E-state index contributed by atoms with van der Waals surface area (Å²) < 4.78 is 45.1. The molecule has 0 aliphatic carbocycles. The van der Waals surface area contributed by atoms with E-state index < -0.39 is 16.8 Å². The van der Waals surface area contributed by atoms with E-state index in [1.54, 1.807) is 30.3 Å². The van der Waals surface area contributed by atoms with Gasteiger partial charge < -0.3 is 20.4 Å². The number of alkyl halides is 3. The van der Waals surface area contributed by atoms with Crippen LogP contribution in [-0.2, 0) is 6.18 Å². The number of nitrogens with one attached hydrogen (secondary N) is 3. The molecule has 2 aromatic carbocycles. The van der Waals surface area contributed by atoms with Gasteiger partial charge in [-0.05, 0) is 48.5 Å². The zero-order valence-electron chi connectivity index (χ0n) is 17.4. The van der Waals surface area contributed by atoms with Crippen molar-refractivity contribution in [2.45, 2.75) is 6.18 Å². The number of aromatic amines is 1. The van der Waals surface area contributed by atoms with Crippen molar-refractivity contribution in [1.29, 1.82) is 0 Å². The maximum atomic E-state index is 13.1. The van der Waals surface area contributed by atoms with E-state index in [0.29, 0.717) is 17.2 Å². The van der Waals surface area contributed by atoms with Gasteiger partial charge in [0.15, 0.2) is 5.82 Å². The standard InChI is InChI=1S/C22H16ClF3N6O2/c1-27-20(33)18-11-15(8-9-28-18)34-14-5-3-13(4-6-14)29-21-30-19(31-32-21)12-2-7-17(23)16(10-12)22(24,25)26/h2-11H,1H3,(H,27,33)(H2,29,30,31,32). The predicted octanol–water partition coefficient (Wildman–Crippen LogP) is 5.43. The van der Waals surface area contributed by atoms with Crippen molar-refractivity contribution in [1.82, 2.24) is 25.5 Å². The van der Waals surface area contributed by atoms with Gasteiger partial charge in [0.25, 0.3) is 5.91 Å². The first kappa shape index (κ1) is 23.1. The number of hydrogen-bond donors (Lipinski definition) is 3. The minimum atomic E-state index is -4.59. The maximum Gasteiger partial charge on any atom is 0.417 e. The summed E-state index contributed by atoms with van der Waals surface area (Å²) in [6.07, 6.45) is -3.12. The van der Waals surface area contributed by atoms with Crippen molar-refractivity contribution in [2.75, 3.05) is 12.4 Å². The molecule has 8 nitrogen and oxygen atoms in total. The summed E-state index contributed by atoms with van der Waals surface area (Å²) in [4.78, 5) is 18.5. The molecule has 0 aliphatic rings. The Labute approximate surface area is 196 Å². The fourth-order valence-electron chi connectivity index (χ4n) is 2.94. The molecule has 3 N–H and O–H groups in total. The lowest BCUT2D eigenvalue weighted by Gasteiger charge is -2.09. The Morgan fingerprint density at radius 3 is 2.50 bits per heavy atom. The van der Waals surface area contributed by atoms with Crippen LogP contribution in [0.1, 0.15) is 16.1 Å². The number of rotatable bonds is 6. The number of H-pyrrole nitrogens is 1. The van der Waals surface area contributed by atoms with Crippen molar-refractivity contribution in [2.24, 2.45) is 0 Å². The van der Waals surface area contributed by atoms with E-state index in [1.165, 1.54) is 25.4 Å². The van der Waals surface area contributed by atoms with Crippen molar-refractivity contribution in [3.63, 3.8) is 0 Å². The second kappa shape index (κ2) is 9.40. The number of pyridine rings is 1. The number of nitrogens with zero attached hydrogens (tertiary/aromatic N) is 3. The van der Waals surface area contributed by atoms with Crippen LogP contribution >= 0.6 is 11.6 Å². The number of amides is 1. The van der Waals surface area contributed by atoms with Crippen molar-refractivity contribution in [3.05, 3.63) is 77.1 Å². The van der Waals surface area contributed by atoms with E-state index >= 15 is 0 Å². The van der Waals surface area contributed by atoms with Crippen molar-refractivity contribution in [3.8, 4) is 22.9 Å². The number of hydrogen-bond acceptors (Lipinski definition) is 6. The molecule has 0 aliphatic heterocycles. The third-order valence-corrected chi connectivity index (χ3v) is 4.91. The number of halogens is 4. The summed E-state index contributed by atoms with van der Waals surface area (Å²) in [5.41, 5.74) is 0.0877. The highest BCUT2D eigenvalue weighted by molar-refractivity contribution is 6.31. The van der Waals surface area contributed by atoms with Crippen LogP contribution in [0.25, 0.3) is 11.4 Å². The smallest absolute Gasteiger partial charge is 0.417 e. The van der Waals surface area contributed by atoms with E-state index in [4.69, 9.17) is 16.3 Å². The number of aromatic nitrogens is 4. The zero-order chi connectivity index (χ0) is 24.3. The van der Waals surface area contributed by atoms with Crippen LogP contribution in [0.2, 0.25) is 5.02 Å². The van der Waals surface area contributed by atoms with Crippen molar-refractivity contribution >= 4 is 29.1 Å². The first-order chi connectivity index (χ1) is 16.2. The summed E-state index contributed by atoms with van der Waals surface area (Å²) in [5.74, 6) is 1.00. The molecule has 2 heterocycles. The van der Waals surface area contributed by atoms with Gasteiger partial charge in [-0.2, -0.15) is 13.2 Å². The van der Waals surface area contributed by atoms with Crippen LogP contribution in [0.3, 0.4) is 0 Å². The van der Waals surface area contributed by atoms with E-state index in [1.807, 2.05) is 0 Å². The van der Waals surface area contributed by atoms with Crippen LogP contribution in [-0.4, -0.2) is 33.1 Å². The summed E-state index contributed by atoms with van der Waals surface area (Å²) in [7, 11) is 1.51. The first-order valence-electron chi connectivity index (χ1n) is 9.76. The van der Waals surface area contributed by atoms with Crippen LogP contribution in [0.5, 0.6) is 11.5 Å². The highest BCUT2D eigenvalue weighted by Crippen LogP contribution is 2.36. The Balaban J connectivity index is 1.45. The fourth-order valence-corrected chi connectivity index (χ4v) is 3.17. The number of benzene rings is 2. The normalized spacial score (nSPS) is 11.2. The van der Waals surface area contributed by atoms with E-state index in [2.05, 4.69) is 30.8 Å². The molecule has 0 saturated heterocycles. The third-order valence-electron chi connectivity index (χ3n) is 4.58. The lowest BCUT2D eigenvalue weighted by atomic mass is 10.1. The van der Waals surface area contributed by atoms with E-state index in [9.17, 15) is 18.0 Å². The summed E-state index contributed by atoms with van der Waals surface area (Å²) in [5, 5.41) is 12.9. The molecular weight excluding hydrogens is 473 g/mol. The molecule has 0 saturated carbocycles. The Morgan fingerprint density at radius 2 is 1.79 bits per heavy atom. The minimum absolute atomic E-state index is 0.147. The van der Waals surface area contributed by atoms with Gasteiger partial charge in [0.2, 0.25) is 5.95 Å². The highest BCUT2D eigenvalue weighted by atomic mass is 35.5. The van der Waals surface area contributed by atoms with Gasteiger partial charge in [-0.1, -0.05) is 11.6 Å². The molecule has 0 spiro atoms. The van der Waals surface area contributed by atoms with E-state index in [-0.39, 0.29) is 28.9 Å². The second-order valence-corrected chi connectivity index (χ2v) is 7.33. The van der Waals surface area contributed by atoms with Gasteiger partial charge in [-0.15, -0.1) is 10.2 Å². The number of anilines is 2. The third kappa shape index (κ3) is 5.26. The minimum Gasteiger partial charge on any atom is -0.457 e. The van der Waals surface area contributed by atoms with Gasteiger partial charge in [0.1, 0.15) is 17.2 Å². The average Bonchev–Trinajstić information content (AvgIpc) is 3.28. The van der Waals surface area contributed by atoms with Crippen molar-refractivity contribution < 1.29 is 22.7 Å². The summed E-state index contributed by atoms with van der Waals surface area (Å²) in [6.45, 7) is 0. The number of carbonyl (C=O) groups is 1.